The Morgan fingerprint density at radius 1 is 1.15 bits per heavy atom. The van der Waals surface area contributed by atoms with Crippen LogP contribution in [0.4, 0.5) is 11.8 Å². The van der Waals surface area contributed by atoms with Crippen LogP contribution in [0.5, 0.6) is 0 Å². The third kappa shape index (κ3) is 4.97. The fourth-order valence-electron chi connectivity index (χ4n) is 7.57. The number of methoxy groups -OCH3 is 1. The summed E-state index contributed by atoms with van der Waals surface area (Å²) in [5.41, 5.74) is 11.4. The van der Waals surface area contributed by atoms with Crippen LogP contribution in [0, 0.1) is 17.3 Å². The highest BCUT2D eigenvalue weighted by atomic mass is 32.1. The van der Waals surface area contributed by atoms with Crippen LogP contribution in [0.2, 0.25) is 0 Å². The van der Waals surface area contributed by atoms with E-state index in [0.717, 1.165) is 11.3 Å². The van der Waals surface area contributed by atoms with Gasteiger partial charge in [-0.1, -0.05) is 6.92 Å². The number of hydrogen-bond donors (Lipinski definition) is 5. The van der Waals surface area contributed by atoms with Crippen LogP contribution in [0.15, 0.2) is 22.8 Å². The topological polar surface area (TPSA) is 271 Å². The predicted molar refractivity (Wildman–Crippen MR) is 163 cm³/mol. The van der Waals surface area contributed by atoms with Gasteiger partial charge in [-0.05, 0) is 12.3 Å². The zero-order valence-electron chi connectivity index (χ0n) is 24.7. The number of aromatic nitrogens is 6. The number of nitrogens with zero attached hydrogens (tertiary/aromatic N) is 5. The molecule has 2 aliphatic heterocycles. The van der Waals surface area contributed by atoms with Crippen molar-refractivity contribution in [2.24, 2.45) is 17.3 Å². The van der Waals surface area contributed by atoms with Crippen molar-refractivity contribution < 1.29 is 46.5 Å². The van der Waals surface area contributed by atoms with E-state index in [2.05, 4.69) is 24.9 Å². The van der Waals surface area contributed by atoms with E-state index in [1.807, 2.05) is 11.5 Å². The molecule has 4 aromatic rings. The molecule has 11 atom stereocenters. The van der Waals surface area contributed by atoms with Gasteiger partial charge >= 0.3 is 15.6 Å². The Morgan fingerprint density at radius 3 is 2.72 bits per heavy atom. The molecule has 4 aliphatic rings. The van der Waals surface area contributed by atoms with Crippen molar-refractivity contribution in [3.05, 3.63) is 33.3 Å². The monoisotopic (exact) mass is 712 g/mol. The van der Waals surface area contributed by atoms with Gasteiger partial charge in [-0.3, -0.25) is 27.9 Å². The van der Waals surface area contributed by atoms with Crippen molar-refractivity contribution in [2.75, 3.05) is 31.8 Å². The second-order valence-electron chi connectivity index (χ2n) is 12.2. The summed E-state index contributed by atoms with van der Waals surface area (Å²) in [6.07, 6.45) is -2.23. The molecular formula is C25H30N8O11P2S. The summed E-state index contributed by atoms with van der Waals surface area (Å²) in [7, 11) is -8.32. The Balaban J connectivity index is 1.15. The quantitative estimate of drug-likeness (QED) is 0.189. The molecule has 7 N–H and O–H groups in total. The van der Waals surface area contributed by atoms with Gasteiger partial charge < -0.3 is 35.3 Å². The molecule has 2 saturated heterocycles. The van der Waals surface area contributed by atoms with E-state index in [9.17, 15) is 23.7 Å². The molecule has 19 nitrogen and oxygen atoms in total. The van der Waals surface area contributed by atoms with Crippen LogP contribution in [0.25, 0.3) is 22.1 Å². The van der Waals surface area contributed by atoms with E-state index >= 15 is 0 Å². The molecule has 4 fully saturated rings. The van der Waals surface area contributed by atoms with Gasteiger partial charge in [0.25, 0.3) is 5.56 Å². The van der Waals surface area contributed by atoms with Crippen molar-refractivity contribution in [2.45, 2.75) is 49.9 Å². The second kappa shape index (κ2) is 10.8. The molecule has 252 valence electrons. The van der Waals surface area contributed by atoms with Crippen molar-refractivity contribution >= 4 is 60.8 Å². The number of phosphoric ester groups is 2. The smallest absolute Gasteiger partial charge is 0.382 e. The van der Waals surface area contributed by atoms with E-state index in [0.29, 0.717) is 22.5 Å². The molecule has 22 heteroatoms. The first-order valence-corrected chi connectivity index (χ1v) is 18.4. The molecule has 2 unspecified atom stereocenters. The number of nitrogens with one attached hydrogen (secondary N) is 1. The number of nitrogens with two attached hydrogens (primary N) is 2. The number of H-pyrrole nitrogens is 1. The molecule has 1 spiro atoms. The molecule has 0 aromatic carbocycles. The predicted octanol–water partition coefficient (Wildman–Crippen LogP) is 1.66. The molecule has 2 aliphatic carbocycles. The zero-order valence-corrected chi connectivity index (χ0v) is 27.3. The van der Waals surface area contributed by atoms with Crippen molar-refractivity contribution in [1.29, 1.82) is 0 Å². The normalized spacial score (nSPS) is 40.4. The minimum atomic E-state index is -4.86. The maximum absolute atomic E-state index is 13.7. The minimum absolute atomic E-state index is 0.144. The van der Waals surface area contributed by atoms with Crippen molar-refractivity contribution in [1.82, 2.24) is 29.5 Å². The van der Waals surface area contributed by atoms with Crippen molar-refractivity contribution in [3.63, 3.8) is 0 Å². The van der Waals surface area contributed by atoms with Gasteiger partial charge in [0.2, 0.25) is 5.95 Å². The van der Waals surface area contributed by atoms with E-state index in [1.54, 1.807) is 11.7 Å². The molecule has 0 radical (unpaired) electrons. The van der Waals surface area contributed by atoms with Gasteiger partial charge in [-0.25, -0.2) is 29.1 Å². The van der Waals surface area contributed by atoms with Crippen LogP contribution < -0.4 is 17.0 Å². The van der Waals surface area contributed by atoms with Crippen LogP contribution in [-0.4, -0.2) is 84.0 Å². The fourth-order valence-corrected chi connectivity index (χ4v) is 10.7. The summed E-state index contributed by atoms with van der Waals surface area (Å²) in [6.45, 7) is 0.970. The first kappa shape index (κ1) is 31.4. The van der Waals surface area contributed by atoms with Gasteiger partial charge in [-0.15, -0.1) is 11.3 Å². The lowest BCUT2D eigenvalue weighted by Gasteiger charge is -2.31. The Kier molecular flexibility index (Phi) is 7.23. The highest BCUT2D eigenvalue weighted by Crippen LogP contribution is 2.73. The summed E-state index contributed by atoms with van der Waals surface area (Å²) >= 11 is 1.09. The lowest BCUT2D eigenvalue weighted by atomic mass is 9.94. The maximum atomic E-state index is 13.7. The second-order valence-corrected chi connectivity index (χ2v) is 15.9. The van der Waals surface area contributed by atoms with Gasteiger partial charge in [0.1, 0.15) is 36.3 Å². The number of thiophene rings is 1. The summed E-state index contributed by atoms with van der Waals surface area (Å²) in [6, 6.07) is -0.355. The minimum Gasteiger partial charge on any atom is -0.382 e. The number of phosphoric acid groups is 2. The summed E-state index contributed by atoms with van der Waals surface area (Å²) in [5, 5.41) is 1.76. The lowest BCUT2D eigenvalue weighted by molar-refractivity contribution is -0.0419. The molecule has 2 saturated carbocycles. The number of hydrogen-bond acceptors (Lipinski definition) is 16. The standard InChI is InChI=1S/C25H30N8O11P2S/c1-9-15(33-8-30-14-21(26)28-7-29-22(14)33)11-3-25(11)6-41-46(37,38)43-17-16(39-2)12(4-40-45(35,36)44-20(9)25)42-18(17)19-13-10(5-47-19)23(34)32-24(27)31-13/h5,7-9,11-12,15-18,20H,3-4,6H2,1-2H3,(H,35,36)(H,37,38)(H2,26,28,29)(H3,27,31,32,34)/t9-,11+,12+,15-,16+,17+,18+,20-,25+/m0/s1. The highest BCUT2D eigenvalue weighted by Gasteiger charge is 2.73. The van der Waals surface area contributed by atoms with Gasteiger partial charge in [-0.2, -0.15) is 0 Å². The van der Waals surface area contributed by atoms with E-state index in [4.69, 9.17) is 39.0 Å². The Bertz CT molecular complexity index is 2060. The van der Waals surface area contributed by atoms with Crippen LogP contribution >= 0.6 is 27.0 Å². The fraction of sp³-hybridized carbons (Fsp3) is 0.560. The SMILES string of the molecule is CO[C@H]1[C@H]2OP(=O)(O)OC[C@]34C[C@@H]3[C@@H](n3cnc5c(N)ncnc53)[C@H](C)[C@@H]4OP(=O)(O)OC[C@H]1O[C@H]2c1scc2c(=O)[nH]c(N)nc12. The molecule has 2 bridgehead atoms. The maximum Gasteiger partial charge on any atom is 0.472 e. The summed E-state index contributed by atoms with van der Waals surface area (Å²) < 4.78 is 63.6. The molecule has 47 heavy (non-hydrogen) atoms. The number of anilines is 2. The van der Waals surface area contributed by atoms with Crippen LogP contribution in [-0.2, 0) is 36.7 Å². The highest BCUT2D eigenvalue weighted by molar-refractivity contribution is 7.47. The number of nitrogen functional groups attached to an aromatic ring is 2. The lowest BCUT2D eigenvalue weighted by Crippen LogP contribution is -2.36. The Labute approximate surface area is 268 Å². The molecular weight excluding hydrogens is 682 g/mol. The molecule has 4 aromatic heterocycles. The molecule has 6 heterocycles. The first-order valence-electron chi connectivity index (χ1n) is 14.5. The largest absolute Gasteiger partial charge is 0.472 e. The Hall–Kier alpha value is -2.87. The summed E-state index contributed by atoms with van der Waals surface area (Å²) in [4.78, 5) is 54.4. The summed E-state index contributed by atoms with van der Waals surface area (Å²) in [5.74, 6) is -0.607. The van der Waals surface area contributed by atoms with E-state index in [-0.39, 0.29) is 41.2 Å². The van der Waals surface area contributed by atoms with Crippen molar-refractivity contribution in [3.8, 4) is 0 Å². The van der Waals surface area contributed by atoms with Crippen LogP contribution in [0.1, 0.15) is 30.4 Å². The van der Waals surface area contributed by atoms with Gasteiger partial charge in [0, 0.05) is 29.9 Å². The number of ether oxygens (including phenoxy) is 2. The Morgan fingerprint density at radius 2 is 1.94 bits per heavy atom. The number of fused-ring (bicyclic) bond motifs is 4. The van der Waals surface area contributed by atoms with E-state index in [1.165, 1.54) is 13.4 Å². The third-order valence-electron chi connectivity index (χ3n) is 9.63. The number of imidazole rings is 1. The number of rotatable bonds is 3. The van der Waals surface area contributed by atoms with Crippen LogP contribution in [0.3, 0.4) is 0 Å². The van der Waals surface area contributed by atoms with Gasteiger partial charge in [0.05, 0.1) is 41.4 Å². The molecule has 0 amide bonds. The number of aromatic amines is 1. The zero-order chi connectivity index (χ0) is 33.0. The average molecular weight is 713 g/mol. The van der Waals surface area contributed by atoms with Gasteiger partial charge in [0.15, 0.2) is 11.5 Å². The first-order chi connectivity index (χ1) is 22.3. The average Bonchev–Trinajstić information content (AvgIpc) is 3.30. The molecule has 8 rings (SSSR count). The van der Waals surface area contributed by atoms with E-state index < -0.39 is 69.7 Å². The third-order valence-corrected chi connectivity index (χ3v) is 12.6.